The SMILES string of the molecule is C[C@@H]1CNC(=O)CC/C=C\CN(CCN2CCOCC2)C(=O)[C@@H]2N([C@@H](CO)Cc3ccccc3)C(=O)[C@H]3[C@H](C(=O)O1)[C@H]1O[C@@]23C=C1Br. The monoisotopic (exact) mass is 714 g/mol. The number of aliphatic hydroxyl groups excluding tert-OH is 1. The number of fused-ring (bicyclic) bond motifs is 2. The van der Waals surface area contributed by atoms with Gasteiger partial charge in [0.05, 0.1) is 38.3 Å². The number of aliphatic hydroxyl groups is 1. The van der Waals surface area contributed by atoms with Crippen molar-refractivity contribution < 1.29 is 38.5 Å². The van der Waals surface area contributed by atoms with Crippen molar-refractivity contribution in [2.75, 3.05) is 59.1 Å². The number of morpholine rings is 1. The molecular weight excluding hydrogens is 672 g/mol. The maximum atomic E-state index is 15.0. The number of likely N-dealkylation sites (tertiary alicyclic amines) is 1. The second-order valence-electron chi connectivity index (χ2n) is 12.9. The Kier molecular flexibility index (Phi) is 10.5. The fraction of sp³-hybridized carbons (Fsp3) is 0.588. The van der Waals surface area contributed by atoms with Crippen LogP contribution in [0.15, 0.2) is 53.0 Å². The molecule has 1 spiro atoms. The van der Waals surface area contributed by atoms with Gasteiger partial charge in [-0.25, -0.2) is 0 Å². The molecule has 3 saturated heterocycles. The number of carbonyl (C=O) groups is 4. The zero-order valence-electron chi connectivity index (χ0n) is 26.6. The maximum absolute atomic E-state index is 15.0. The summed E-state index contributed by atoms with van der Waals surface area (Å²) >= 11 is 3.58. The second-order valence-corrected chi connectivity index (χ2v) is 13.8. The Morgan fingerprint density at radius 1 is 1.06 bits per heavy atom. The largest absolute Gasteiger partial charge is 0.460 e. The van der Waals surface area contributed by atoms with Gasteiger partial charge in [-0.3, -0.25) is 24.1 Å². The summed E-state index contributed by atoms with van der Waals surface area (Å²) < 4.78 is 18.5. The van der Waals surface area contributed by atoms with E-state index < -0.39 is 53.6 Å². The number of nitrogens with one attached hydrogen (secondary N) is 1. The van der Waals surface area contributed by atoms with Gasteiger partial charge in [0.2, 0.25) is 17.7 Å². The van der Waals surface area contributed by atoms with Crippen LogP contribution in [0.25, 0.3) is 0 Å². The van der Waals surface area contributed by atoms with Crippen LogP contribution >= 0.6 is 15.9 Å². The molecule has 12 nitrogen and oxygen atoms in total. The molecule has 1 aromatic rings. The molecule has 7 atom stereocenters. The molecule has 2 N–H and O–H groups in total. The lowest BCUT2D eigenvalue weighted by Crippen LogP contribution is -2.59. The van der Waals surface area contributed by atoms with Crippen LogP contribution in [0.3, 0.4) is 0 Å². The average Bonchev–Trinajstić information content (AvgIpc) is 3.67. The number of nitrogens with zero attached hydrogens (tertiary/aromatic N) is 3. The highest BCUT2D eigenvalue weighted by molar-refractivity contribution is 9.11. The summed E-state index contributed by atoms with van der Waals surface area (Å²) in [4.78, 5) is 61.4. The molecule has 254 valence electrons. The zero-order chi connectivity index (χ0) is 33.1. The minimum atomic E-state index is -1.45. The number of halogens is 1. The van der Waals surface area contributed by atoms with E-state index in [1.165, 1.54) is 4.90 Å². The van der Waals surface area contributed by atoms with Crippen molar-refractivity contribution in [1.29, 1.82) is 0 Å². The number of esters is 1. The van der Waals surface area contributed by atoms with Gasteiger partial charge in [0.15, 0.2) is 0 Å². The van der Waals surface area contributed by atoms with Crippen LogP contribution < -0.4 is 5.32 Å². The number of hydrogen-bond donors (Lipinski definition) is 2. The van der Waals surface area contributed by atoms with Gasteiger partial charge in [0.25, 0.3) is 0 Å². The number of carbonyl (C=O) groups excluding carboxylic acids is 4. The molecule has 47 heavy (non-hydrogen) atoms. The highest BCUT2D eigenvalue weighted by atomic mass is 79.9. The van der Waals surface area contributed by atoms with Gasteiger partial charge in [-0.05, 0) is 31.4 Å². The maximum Gasteiger partial charge on any atom is 0.313 e. The number of ether oxygens (including phenoxy) is 3. The van der Waals surface area contributed by atoms with E-state index in [9.17, 15) is 24.3 Å². The van der Waals surface area contributed by atoms with E-state index in [2.05, 4.69) is 26.1 Å². The van der Waals surface area contributed by atoms with Gasteiger partial charge in [0.1, 0.15) is 29.8 Å². The van der Waals surface area contributed by atoms with E-state index >= 15 is 0 Å². The lowest BCUT2D eigenvalue weighted by Gasteiger charge is -2.39. The number of amides is 3. The molecule has 5 aliphatic rings. The lowest BCUT2D eigenvalue weighted by molar-refractivity contribution is -0.159. The first-order chi connectivity index (χ1) is 22.7. The van der Waals surface area contributed by atoms with Gasteiger partial charge >= 0.3 is 5.97 Å². The minimum absolute atomic E-state index is 0.125. The van der Waals surface area contributed by atoms with E-state index in [0.29, 0.717) is 43.6 Å². The van der Waals surface area contributed by atoms with Gasteiger partial charge < -0.3 is 34.4 Å². The van der Waals surface area contributed by atoms with Crippen molar-refractivity contribution in [3.8, 4) is 0 Å². The Hall–Kier alpha value is -3.10. The average molecular weight is 716 g/mol. The fourth-order valence-corrected chi connectivity index (χ4v) is 8.22. The van der Waals surface area contributed by atoms with Gasteiger partial charge in [-0.1, -0.05) is 58.4 Å². The standard InChI is InChI=1S/C34H43BrN4O8/c1-22-20-36-26(41)10-6-3-7-11-38(13-12-37-14-16-45-17-15-37)32(43)30-34-19-25(35)29(47-34)27(33(44)46-22)28(34)31(42)39(30)24(21-40)18-23-8-4-2-5-9-23/h2-5,7-9,19,22,24,27-30,40H,6,10-18,20-21H2,1H3,(H,36,41)/b7-3-/t22-,24-,27+,28-,29+,30+,34-/m1/s1. The predicted molar refractivity (Wildman–Crippen MR) is 174 cm³/mol. The number of rotatable bonds is 7. The summed E-state index contributed by atoms with van der Waals surface area (Å²) in [5.74, 6) is -3.61. The second kappa shape index (κ2) is 14.6. The Bertz CT molecular complexity index is 1400. The van der Waals surface area contributed by atoms with Crippen LogP contribution in [-0.4, -0.2) is 132 Å². The lowest BCUT2D eigenvalue weighted by atomic mass is 9.74. The van der Waals surface area contributed by atoms with Crippen molar-refractivity contribution in [2.45, 2.75) is 56.1 Å². The molecule has 0 aromatic heterocycles. The topological polar surface area (TPSA) is 138 Å². The molecule has 6 rings (SSSR count). The highest BCUT2D eigenvalue weighted by Gasteiger charge is 2.75. The van der Waals surface area contributed by atoms with Crippen molar-refractivity contribution in [1.82, 2.24) is 20.0 Å². The Labute approximate surface area is 283 Å². The normalized spacial score (nSPS) is 33.3. The Morgan fingerprint density at radius 2 is 1.83 bits per heavy atom. The van der Waals surface area contributed by atoms with Crippen LogP contribution in [0.2, 0.25) is 0 Å². The van der Waals surface area contributed by atoms with Gasteiger partial charge in [-0.2, -0.15) is 0 Å². The zero-order valence-corrected chi connectivity index (χ0v) is 28.2. The molecule has 0 unspecified atom stereocenters. The summed E-state index contributed by atoms with van der Waals surface area (Å²) in [6, 6.07) is 7.63. The Morgan fingerprint density at radius 3 is 2.57 bits per heavy atom. The van der Waals surface area contributed by atoms with Crippen molar-refractivity contribution in [2.24, 2.45) is 11.8 Å². The Balaban J connectivity index is 1.41. The van der Waals surface area contributed by atoms with Crippen LogP contribution in [0.5, 0.6) is 0 Å². The molecule has 5 heterocycles. The summed E-state index contributed by atoms with van der Waals surface area (Å²) in [5.41, 5.74) is -0.548. The first kappa shape index (κ1) is 33.8. The van der Waals surface area contributed by atoms with Crippen LogP contribution in [0.4, 0.5) is 0 Å². The van der Waals surface area contributed by atoms with E-state index in [4.69, 9.17) is 14.2 Å². The first-order valence-corrected chi connectivity index (χ1v) is 17.3. The van der Waals surface area contributed by atoms with Gasteiger partial charge in [-0.15, -0.1) is 0 Å². The van der Waals surface area contributed by atoms with Gasteiger partial charge in [0, 0.05) is 43.6 Å². The predicted octanol–water partition coefficient (Wildman–Crippen LogP) is 1.02. The molecule has 13 heteroatoms. The van der Waals surface area contributed by atoms with E-state index in [1.54, 1.807) is 17.9 Å². The summed E-state index contributed by atoms with van der Waals surface area (Å²) in [6.07, 6.45) is 5.10. The number of hydrogen-bond acceptors (Lipinski definition) is 9. The molecule has 0 radical (unpaired) electrons. The van der Waals surface area contributed by atoms with E-state index in [0.717, 1.165) is 18.7 Å². The highest BCUT2D eigenvalue weighted by Crippen LogP contribution is 2.59. The molecular formula is C34H43BrN4O8. The van der Waals surface area contributed by atoms with Crippen molar-refractivity contribution in [3.63, 3.8) is 0 Å². The van der Waals surface area contributed by atoms with E-state index in [1.807, 2.05) is 42.5 Å². The molecule has 5 bridgehead atoms. The van der Waals surface area contributed by atoms with E-state index in [-0.39, 0.29) is 37.9 Å². The molecule has 3 fully saturated rings. The van der Waals surface area contributed by atoms with Crippen molar-refractivity contribution in [3.05, 3.63) is 58.6 Å². The summed E-state index contributed by atoms with van der Waals surface area (Å²) in [6.45, 7) is 5.39. The molecule has 3 amide bonds. The summed E-state index contributed by atoms with van der Waals surface area (Å²) in [7, 11) is 0. The number of cyclic esters (lactones) is 1. The third-order valence-corrected chi connectivity index (χ3v) is 10.5. The minimum Gasteiger partial charge on any atom is -0.460 e. The molecule has 0 saturated carbocycles. The smallest absolute Gasteiger partial charge is 0.313 e. The quantitative estimate of drug-likeness (QED) is 0.313. The molecule has 1 aromatic carbocycles. The molecule has 5 aliphatic heterocycles. The summed E-state index contributed by atoms with van der Waals surface area (Å²) in [5, 5.41) is 13.6. The third kappa shape index (κ3) is 6.78. The van der Waals surface area contributed by atoms with Crippen LogP contribution in [-0.2, 0) is 39.8 Å². The van der Waals surface area contributed by atoms with Crippen LogP contribution in [0.1, 0.15) is 25.3 Å². The number of benzene rings is 1. The number of allylic oxidation sites excluding steroid dienone is 1. The van der Waals surface area contributed by atoms with Crippen LogP contribution in [0, 0.1) is 11.8 Å². The third-order valence-electron chi connectivity index (χ3n) is 9.82. The van der Waals surface area contributed by atoms with Crippen molar-refractivity contribution >= 4 is 39.6 Å². The molecule has 0 aliphatic carbocycles. The first-order valence-electron chi connectivity index (χ1n) is 16.5. The fourth-order valence-electron chi connectivity index (χ4n) is 7.49.